The van der Waals surface area contributed by atoms with Crippen LogP contribution in [-0.2, 0) is 19.2 Å². The molecule has 0 radical (unpaired) electrons. The van der Waals surface area contributed by atoms with Crippen LogP contribution in [-0.4, -0.2) is 80.4 Å². The van der Waals surface area contributed by atoms with Gasteiger partial charge in [0.05, 0.1) is 7.11 Å². The number of rotatable bonds is 7. The minimum Gasteiger partial charge on any atom is -0.497 e. The number of oxime groups is 1. The van der Waals surface area contributed by atoms with Gasteiger partial charge in [-0.05, 0) is 30.2 Å². The van der Waals surface area contributed by atoms with Crippen LogP contribution < -0.4 is 20.7 Å². The Labute approximate surface area is 229 Å². The van der Waals surface area contributed by atoms with Gasteiger partial charge in [-0.3, -0.25) is 19.3 Å². The highest BCUT2D eigenvalue weighted by Gasteiger charge is 2.54. The number of hydrogen-bond donors (Lipinski definition) is 4. The number of amides is 3. The van der Waals surface area contributed by atoms with Crippen LogP contribution in [0.25, 0.3) is 0 Å². The Bertz CT molecular complexity index is 1480. The Morgan fingerprint density at radius 2 is 2.13 bits per heavy atom. The fourth-order valence-corrected chi connectivity index (χ4v) is 6.41. The minimum absolute atomic E-state index is 0.0432. The van der Waals surface area contributed by atoms with E-state index in [-0.39, 0.29) is 28.2 Å². The number of aliphatic carboxylic acids is 1. The lowest BCUT2D eigenvalue weighted by Crippen LogP contribution is -2.71. The molecule has 3 amide bonds. The molecule has 5 N–H and O–H groups in total. The predicted molar refractivity (Wildman–Crippen MR) is 143 cm³/mol. The molecule has 0 saturated carbocycles. The maximum absolute atomic E-state index is 13.1. The summed E-state index contributed by atoms with van der Waals surface area (Å²) < 4.78 is 5.23. The number of nitrogens with zero attached hydrogens (tertiary/aromatic N) is 4. The number of fused-ring (bicyclic) bond motifs is 1. The number of carboxylic acid groups (broad SMARTS) is 1. The van der Waals surface area contributed by atoms with E-state index in [1.807, 2.05) is 0 Å². The largest absolute Gasteiger partial charge is 0.497 e. The summed E-state index contributed by atoms with van der Waals surface area (Å²) in [4.78, 5) is 57.6. The van der Waals surface area contributed by atoms with Crippen molar-refractivity contribution in [3.05, 3.63) is 58.3 Å². The lowest BCUT2D eigenvalue weighted by molar-refractivity contribution is -0.150. The number of thiazole rings is 1. The second kappa shape index (κ2) is 10.4. The van der Waals surface area contributed by atoms with Crippen LogP contribution in [0, 0.1) is 0 Å². The SMILES string of the molecule is COc1cccc(N2CC/C(=C\C3=C(C(=O)O)N4C(=O)[C@@H](NC(=O)/C(=N\O)c5csc(N)n5)[C@H]4SC3)C2=O)c1. The molecule has 2 saturated heterocycles. The second-order valence-corrected chi connectivity index (χ2v) is 10.6. The highest BCUT2D eigenvalue weighted by Crippen LogP contribution is 2.41. The summed E-state index contributed by atoms with van der Waals surface area (Å²) in [5, 5.41) is 25.6. The fraction of sp³-hybridized carbons (Fsp3) is 0.250. The number of ether oxygens (including phenoxy) is 1. The zero-order valence-electron chi connectivity index (χ0n) is 20.4. The number of nitrogen functional groups attached to an aromatic ring is 1. The van der Waals surface area contributed by atoms with Gasteiger partial charge in [-0.25, -0.2) is 9.78 Å². The van der Waals surface area contributed by atoms with Gasteiger partial charge in [0.2, 0.25) is 0 Å². The third-order valence-electron chi connectivity index (χ3n) is 6.40. The number of methoxy groups -OCH3 is 1. The Morgan fingerprint density at radius 3 is 2.79 bits per heavy atom. The number of thioether (sulfide) groups is 1. The number of nitrogens with two attached hydrogens (primary N) is 1. The van der Waals surface area contributed by atoms with Gasteiger partial charge in [0, 0.05) is 35.0 Å². The van der Waals surface area contributed by atoms with Gasteiger partial charge in [0.25, 0.3) is 17.7 Å². The van der Waals surface area contributed by atoms with E-state index in [1.54, 1.807) is 29.2 Å². The molecule has 0 aliphatic carbocycles. The Kier molecular flexibility index (Phi) is 7.01. The molecule has 2 atom stereocenters. The lowest BCUT2D eigenvalue weighted by atomic mass is 10.0. The molecule has 1 aromatic carbocycles. The van der Waals surface area contributed by atoms with Gasteiger partial charge in [-0.15, -0.1) is 23.1 Å². The Morgan fingerprint density at radius 1 is 1.33 bits per heavy atom. The van der Waals surface area contributed by atoms with E-state index in [9.17, 15) is 29.5 Å². The van der Waals surface area contributed by atoms with E-state index in [4.69, 9.17) is 10.5 Å². The first-order valence-corrected chi connectivity index (χ1v) is 13.5. The summed E-state index contributed by atoms with van der Waals surface area (Å²) in [6, 6.07) is 6.03. The van der Waals surface area contributed by atoms with E-state index in [1.165, 1.54) is 30.3 Å². The lowest BCUT2D eigenvalue weighted by Gasteiger charge is -2.49. The van der Waals surface area contributed by atoms with Crippen LogP contribution in [0.2, 0.25) is 0 Å². The number of nitrogens with one attached hydrogen (secondary N) is 1. The highest BCUT2D eigenvalue weighted by molar-refractivity contribution is 8.00. The van der Waals surface area contributed by atoms with Crippen LogP contribution in [0.1, 0.15) is 12.1 Å². The average Bonchev–Trinajstić information content (AvgIpc) is 3.52. The summed E-state index contributed by atoms with van der Waals surface area (Å²) in [6.07, 6.45) is 1.94. The summed E-state index contributed by atoms with van der Waals surface area (Å²) in [5.41, 5.74) is 6.37. The van der Waals surface area contributed by atoms with Crippen LogP contribution >= 0.6 is 23.1 Å². The van der Waals surface area contributed by atoms with E-state index >= 15 is 0 Å². The molecule has 15 heteroatoms. The fourth-order valence-electron chi connectivity index (χ4n) is 4.56. The van der Waals surface area contributed by atoms with Crippen LogP contribution in [0.5, 0.6) is 5.75 Å². The molecule has 2 aromatic rings. The number of benzene rings is 1. The van der Waals surface area contributed by atoms with Crippen LogP contribution in [0.15, 0.2) is 57.7 Å². The van der Waals surface area contributed by atoms with Crippen LogP contribution in [0.3, 0.4) is 0 Å². The normalized spacial score (nSPS) is 22.2. The average molecular weight is 571 g/mol. The highest BCUT2D eigenvalue weighted by atomic mass is 32.2. The molecule has 0 bridgehead atoms. The summed E-state index contributed by atoms with van der Waals surface area (Å²) in [7, 11) is 1.54. The van der Waals surface area contributed by atoms with E-state index < -0.39 is 34.9 Å². The molecule has 4 heterocycles. The van der Waals surface area contributed by atoms with Crippen molar-refractivity contribution in [2.45, 2.75) is 17.8 Å². The van der Waals surface area contributed by atoms with Crippen molar-refractivity contribution >= 4 is 63.3 Å². The van der Waals surface area contributed by atoms with Crippen molar-refractivity contribution in [3.8, 4) is 5.75 Å². The third-order valence-corrected chi connectivity index (χ3v) is 8.38. The maximum Gasteiger partial charge on any atom is 0.352 e. The summed E-state index contributed by atoms with van der Waals surface area (Å²) >= 11 is 2.30. The van der Waals surface area contributed by atoms with E-state index in [0.29, 0.717) is 35.5 Å². The standard InChI is InChI=1S/C24H22N6O7S2/c1-37-14-4-2-3-13(8-14)29-6-5-11(20(29)32)7-12-9-38-22-17(21(33)30(22)18(12)23(34)35)27-19(31)16(28-36)15-10-39-24(25)26-15/h2-4,7-8,10,17,22,36H,5-6,9H2,1H3,(H2,25,26)(H,27,31)(H,34,35)/b11-7+,28-16-/t17-,22-/m1/s1. The third kappa shape index (κ3) is 4.70. The van der Waals surface area contributed by atoms with Crippen LogP contribution in [0.4, 0.5) is 10.8 Å². The monoisotopic (exact) mass is 570 g/mol. The van der Waals surface area contributed by atoms with E-state index in [0.717, 1.165) is 16.2 Å². The molecular weight excluding hydrogens is 548 g/mol. The van der Waals surface area contributed by atoms with E-state index in [2.05, 4.69) is 15.5 Å². The first-order chi connectivity index (χ1) is 18.7. The van der Waals surface area contributed by atoms with Crippen molar-refractivity contribution in [3.63, 3.8) is 0 Å². The molecule has 3 aliphatic rings. The number of allylic oxidation sites excluding steroid dienone is 1. The number of carbonyl (C=O) groups is 4. The molecule has 0 spiro atoms. The topological polar surface area (TPSA) is 188 Å². The molecule has 39 heavy (non-hydrogen) atoms. The molecule has 13 nitrogen and oxygen atoms in total. The van der Waals surface area contributed by atoms with Crippen molar-refractivity contribution in [1.82, 2.24) is 15.2 Å². The zero-order chi connectivity index (χ0) is 27.8. The molecule has 202 valence electrons. The van der Waals surface area contributed by atoms with Crippen molar-refractivity contribution in [1.29, 1.82) is 0 Å². The van der Waals surface area contributed by atoms with Crippen molar-refractivity contribution in [2.75, 3.05) is 30.0 Å². The number of aromatic nitrogens is 1. The first-order valence-electron chi connectivity index (χ1n) is 11.6. The van der Waals surface area contributed by atoms with Gasteiger partial charge in [-0.1, -0.05) is 11.2 Å². The number of anilines is 2. The van der Waals surface area contributed by atoms with Gasteiger partial charge in [0.1, 0.15) is 28.6 Å². The molecule has 0 unspecified atom stereocenters. The predicted octanol–water partition coefficient (Wildman–Crippen LogP) is 1.01. The minimum atomic E-state index is -1.32. The zero-order valence-corrected chi connectivity index (χ0v) is 22.0. The maximum atomic E-state index is 13.1. The number of hydrogen-bond acceptors (Lipinski definition) is 11. The Hall–Kier alpha value is -4.37. The van der Waals surface area contributed by atoms with Gasteiger partial charge in [0.15, 0.2) is 10.8 Å². The molecule has 5 rings (SSSR count). The first kappa shape index (κ1) is 26.2. The van der Waals surface area contributed by atoms with Crippen molar-refractivity contribution < 1.29 is 34.2 Å². The molecular formula is C24H22N6O7S2. The molecule has 3 aliphatic heterocycles. The number of β-lactam (4-membered cyclic amide) rings is 1. The van der Waals surface area contributed by atoms with Gasteiger partial charge in [-0.2, -0.15) is 0 Å². The summed E-state index contributed by atoms with van der Waals surface area (Å²) in [5.74, 6) is -2.28. The second-order valence-electron chi connectivity index (χ2n) is 8.64. The molecule has 2 fully saturated rings. The molecule has 1 aromatic heterocycles. The Balaban J connectivity index is 1.35. The smallest absolute Gasteiger partial charge is 0.352 e. The van der Waals surface area contributed by atoms with Gasteiger partial charge >= 0.3 is 5.97 Å². The van der Waals surface area contributed by atoms with Gasteiger partial charge < -0.3 is 31.0 Å². The summed E-state index contributed by atoms with van der Waals surface area (Å²) in [6.45, 7) is 0.416. The number of carbonyl (C=O) groups excluding carboxylic acids is 3. The number of carboxylic acids is 1. The quantitative estimate of drug-likeness (QED) is 0.123. The van der Waals surface area contributed by atoms with Crippen molar-refractivity contribution in [2.24, 2.45) is 5.16 Å².